The number of carbonyl (C=O) groups is 1. The number of methoxy groups -OCH3 is 1. The maximum Gasteiger partial charge on any atom is 0.226 e. The van der Waals surface area contributed by atoms with E-state index in [2.05, 4.69) is 49.6 Å². The van der Waals surface area contributed by atoms with Gasteiger partial charge in [0.05, 0.1) is 7.11 Å². The summed E-state index contributed by atoms with van der Waals surface area (Å²) >= 11 is 0. The Labute approximate surface area is 139 Å². The molecule has 1 aliphatic carbocycles. The lowest BCUT2D eigenvalue weighted by molar-refractivity contribution is -0.134. The summed E-state index contributed by atoms with van der Waals surface area (Å²) < 4.78 is 5.21. The first-order valence-corrected chi connectivity index (χ1v) is 8.47. The zero-order chi connectivity index (χ0) is 16.8. The van der Waals surface area contributed by atoms with Crippen LogP contribution < -0.4 is 9.64 Å². The monoisotopic (exact) mass is 316 g/mol. The Morgan fingerprint density at radius 1 is 1.00 bits per heavy atom. The van der Waals surface area contributed by atoms with Gasteiger partial charge in [-0.15, -0.1) is 0 Å². The quantitative estimate of drug-likeness (QED) is 0.859. The van der Waals surface area contributed by atoms with Crippen LogP contribution in [-0.2, 0) is 4.79 Å². The number of rotatable bonds is 3. The number of amides is 1. The molecule has 1 amide bonds. The summed E-state index contributed by atoms with van der Waals surface area (Å²) in [7, 11) is 1.68. The molecule has 1 aromatic carbocycles. The van der Waals surface area contributed by atoms with E-state index in [0.29, 0.717) is 5.91 Å². The van der Waals surface area contributed by atoms with E-state index in [1.165, 1.54) is 5.69 Å². The zero-order valence-corrected chi connectivity index (χ0v) is 14.9. The third-order valence-corrected chi connectivity index (χ3v) is 6.30. The number of nitrogens with zero attached hydrogens (tertiary/aromatic N) is 2. The average molecular weight is 316 g/mol. The molecular formula is C19H28N2O2. The first-order chi connectivity index (χ1) is 10.8. The van der Waals surface area contributed by atoms with E-state index in [9.17, 15) is 4.79 Å². The molecule has 0 atom stereocenters. The standard InChI is InChI=1S/C19H28N2O2/c1-18(2)16(19(18,3)4)17(22)21-12-10-20(11-13-21)14-6-8-15(23-5)9-7-14/h6-9,16H,10-13H2,1-5H3. The van der Waals surface area contributed by atoms with Crippen molar-refractivity contribution in [3.8, 4) is 5.75 Å². The highest BCUT2D eigenvalue weighted by atomic mass is 16.5. The molecule has 1 saturated carbocycles. The van der Waals surface area contributed by atoms with E-state index in [0.717, 1.165) is 31.9 Å². The summed E-state index contributed by atoms with van der Waals surface area (Å²) in [4.78, 5) is 17.2. The Bertz CT molecular complexity index is 570. The Kier molecular flexibility index (Phi) is 3.81. The van der Waals surface area contributed by atoms with E-state index in [-0.39, 0.29) is 16.7 Å². The molecule has 4 nitrogen and oxygen atoms in total. The van der Waals surface area contributed by atoms with Crippen molar-refractivity contribution in [1.82, 2.24) is 4.90 Å². The van der Waals surface area contributed by atoms with Crippen LogP contribution in [0.4, 0.5) is 5.69 Å². The lowest BCUT2D eigenvalue weighted by Gasteiger charge is -2.36. The second-order valence-corrected chi connectivity index (χ2v) is 7.89. The third-order valence-electron chi connectivity index (χ3n) is 6.30. The summed E-state index contributed by atoms with van der Waals surface area (Å²) in [5.74, 6) is 1.39. The van der Waals surface area contributed by atoms with Crippen molar-refractivity contribution in [1.29, 1.82) is 0 Å². The molecule has 2 fully saturated rings. The summed E-state index contributed by atoms with van der Waals surface area (Å²) in [5, 5.41) is 0. The minimum atomic E-state index is 0.122. The maximum absolute atomic E-state index is 12.8. The van der Waals surface area contributed by atoms with Crippen molar-refractivity contribution in [2.45, 2.75) is 27.7 Å². The molecule has 1 aliphatic heterocycles. The van der Waals surface area contributed by atoms with E-state index < -0.39 is 0 Å². The summed E-state index contributed by atoms with van der Waals surface area (Å²) in [6.07, 6.45) is 0. The highest BCUT2D eigenvalue weighted by Crippen LogP contribution is 2.68. The van der Waals surface area contributed by atoms with E-state index >= 15 is 0 Å². The number of hydrogen-bond acceptors (Lipinski definition) is 3. The van der Waals surface area contributed by atoms with E-state index in [4.69, 9.17) is 4.74 Å². The predicted molar refractivity (Wildman–Crippen MR) is 92.8 cm³/mol. The minimum Gasteiger partial charge on any atom is -0.497 e. The number of benzene rings is 1. The van der Waals surface area contributed by atoms with Crippen LogP contribution in [0.3, 0.4) is 0 Å². The number of piperazine rings is 1. The Morgan fingerprint density at radius 3 is 1.96 bits per heavy atom. The van der Waals surface area contributed by atoms with Gasteiger partial charge in [0, 0.05) is 37.8 Å². The molecule has 0 spiro atoms. The molecule has 126 valence electrons. The molecule has 1 heterocycles. The van der Waals surface area contributed by atoms with Crippen molar-refractivity contribution < 1.29 is 9.53 Å². The number of ether oxygens (including phenoxy) is 1. The summed E-state index contributed by atoms with van der Waals surface area (Å²) in [6.45, 7) is 12.3. The van der Waals surface area contributed by atoms with Gasteiger partial charge in [0.2, 0.25) is 5.91 Å². The second kappa shape index (κ2) is 5.43. The predicted octanol–water partition coefficient (Wildman–Crippen LogP) is 3.03. The largest absolute Gasteiger partial charge is 0.497 e. The number of anilines is 1. The lowest BCUT2D eigenvalue weighted by atomic mass is 10.0. The van der Waals surface area contributed by atoms with E-state index in [1.54, 1.807) is 7.11 Å². The van der Waals surface area contributed by atoms with Gasteiger partial charge in [0.25, 0.3) is 0 Å². The Morgan fingerprint density at radius 2 is 1.52 bits per heavy atom. The van der Waals surface area contributed by atoms with Gasteiger partial charge in [-0.25, -0.2) is 0 Å². The van der Waals surface area contributed by atoms with Gasteiger partial charge in [-0.05, 0) is 35.1 Å². The van der Waals surface area contributed by atoms with Crippen molar-refractivity contribution >= 4 is 11.6 Å². The van der Waals surface area contributed by atoms with Crippen molar-refractivity contribution in [2.24, 2.45) is 16.7 Å². The summed E-state index contributed by atoms with van der Waals surface area (Å²) in [6, 6.07) is 8.15. The van der Waals surface area contributed by atoms with Crippen LogP contribution >= 0.6 is 0 Å². The molecule has 0 aromatic heterocycles. The molecule has 4 heteroatoms. The van der Waals surface area contributed by atoms with Gasteiger partial charge in [-0.3, -0.25) is 4.79 Å². The second-order valence-electron chi connectivity index (χ2n) is 7.89. The Hall–Kier alpha value is -1.71. The normalized spacial score (nSPS) is 22.8. The number of carbonyl (C=O) groups excluding carboxylic acids is 1. The molecule has 1 saturated heterocycles. The van der Waals surface area contributed by atoms with Crippen LogP contribution in [0.15, 0.2) is 24.3 Å². The first-order valence-electron chi connectivity index (χ1n) is 8.47. The average Bonchev–Trinajstić information content (AvgIpc) is 2.96. The van der Waals surface area contributed by atoms with Gasteiger partial charge >= 0.3 is 0 Å². The topological polar surface area (TPSA) is 32.8 Å². The third kappa shape index (κ3) is 2.58. The summed E-state index contributed by atoms with van der Waals surface area (Å²) in [5.41, 5.74) is 1.44. The van der Waals surface area contributed by atoms with Gasteiger partial charge in [0.15, 0.2) is 0 Å². The van der Waals surface area contributed by atoms with Crippen LogP contribution in [0.2, 0.25) is 0 Å². The molecule has 1 aromatic rings. The molecular weight excluding hydrogens is 288 g/mol. The van der Waals surface area contributed by atoms with Crippen LogP contribution in [0.1, 0.15) is 27.7 Å². The van der Waals surface area contributed by atoms with Crippen molar-refractivity contribution in [2.75, 3.05) is 38.2 Å². The van der Waals surface area contributed by atoms with Crippen molar-refractivity contribution in [3.05, 3.63) is 24.3 Å². The molecule has 0 N–H and O–H groups in total. The van der Waals surface area contributed by atoms with Gasteiger partial charge < -0.3 is 14.5 Å². The highest BCUT2D eigenvalue weighted by molar-refractivity contribution is 5.84. The molecule has 23 heavy (non-hydrogen) atoms. The molecule has 2 aliphatic rings. The molecule has 0 bridgehead atoms. The van der Waals surface area contributed by atoms with Crippen molar-refractivity contribution in [3.63, 3.8) is 0 Å². The van der Waals surface area contributed by atoms with E-state index in [1.807, 2.05) is 12.1 Å². The van der Waals surface area contributed by atoms with Crippen LogP contribution in [0.5, 0.6) is 5.75 Å². The number of hydrogen-bond donors (Lipinski definition) is 0. The van der Waals surface area contributed by atoms with Gasteiger partial charge in [-0.2, -0.15) is 0 Å². The minimum absolute atomic E-state index is 0.122. The van der Waals surface area contributed by atoms with Gasteiger partial charge in [0.1, 0.15) is 5.75 Å². The molecule has 0 radical (unpaired) electrons. The highest BCUT2D eigenvalue weighted by Gasteiger charge is 2.68. The fourth-order valence-electron chi connectivity index (χ4n) is 3.97. The molecule has 3 rings (SSSR count). The fraction of sp³-hybridized carbons (Fsp3) is 0.632. The van der Waals surface area contributed by atoms with Crippen LogP contribution in [0.25, 0.3) is 0 Å². The Balaban J connectivity index is 1.59. The SMILES string of the molecule is COc1ccc(N2CCN(C(=O)C3C(C)(C)C3(C)C)CC2)cc1. The van der Waals surface area contributed by atoms with Crippen LogP contribution in [0, 0.1) is 16.7 Å². The van der Waals surface area contributed by atoms with Crippen LogP contribution in [-0.4, -0.2) is 44.1 Å². The zero-order valence-electron chi connectivity index (χ0n) is 14.9. The first kappa shape index (κ1) is 16.2. The lowest BCUT2D eigenvalue weighted by Crippen LogP contribution is -2.49. The van der Waals surface area contributed by atoms with Gasteiger partial charge in [-0.1, -0.05) is 27.7 Å². The fourth-order valence-corrected chi connectivity index (χ4v) is 3.97. The molecule has 0 unspecified atom stereocenters. The smallest absolute Gasteiger partial charge is 0.226 e. The maximum atomic E-state index is 12.8.